The minimum absolute atomic E-state index is 0.0560. The average molecular weight is 333 g/mol. The molecule has 2 aromatic heterocycles. The van der Waals surface area contributed by atoms with E-state index in [0.717, 1.165) is 48.9 Å². The molecule has 2 N–H and O–H groups in total. The molecule has 0 saturated heterocycles. The second-order valence-electron chi connectivity index (χ2n) is 5.90. The van der Waals surface area contributed by atoms with Crippen molar-refractivity contribution in [2.24, 2.45) is 0 Å². The van der Waals surface area contributed by atoms with Crippen molar-refractivity contribution in [3.63, 3.8) is 0 Å². The molecule has 0 aliphatic carbocycles. The zero-order valence-electron chi connectivity index (χ0n) is 13.8. The van der Waals surface area contributed by atoms with Gasteiger partial charge in [0.1, 0.15) is 5.01 Å². The van der Waals surface area contributed by atoms with Gasteiger partial charge in [-0.2, -0.15) is 5.10 Å². The second kappa shape index (κ2) is 6.80. The van der Waals surface area contributed by atoms with Crippen LogP contribution in [0.5, 0.6) is 0 Å². The molecule has 0 aromatic carbocycles. The van der Waals surface area contributed by atoms with Crippen LogP contribution in [0.4, 0.5) is 0 Å². The van der Waals surface area contributed by atoms with Crippen LogP contribution >= 0.6 is 11.3 Å². The predicted octanol–water partition coefficient (Wildman–Crippen LogP) is 2.33. The van der Waals surface area contributed by atoms with Crippen LogP contribution in [-0.4, -0.2) is 27.2 Å². The minimum Gasteiger partial charge on any atom is -0.341 e. The highest BCUT2D eigenvalue weighted by Crippen LogP contribution is 2.25. The van der Waals surface area contributed by atoms with Gasteiger partial charge in [0.15, 0.2) is 5.69 Å². The van der Waals surface area contributed by atoms with Crippen molar-refractivity contribution in [3.05, 3.63) is 33.0 Å². The van der Waals surface area contributed by atoms with Crippen molar-refractivity contribution < 1.29 is 4.79 Å². The topological polar surface area (TPSA) is 71.8 Å². The van der Waals surface area contributed by atoms with Crippen LogP contribution in [0.15, 0.2) is 6.07 Å². The highest BCUT2D eigenvalue weighted by molar-refractivity contribution is 7.11. The van der Waals surface area contributed by atoms with E-state index in [0.29, 0.717) is 5.69 Å². The molecule has 124 valence electrons. The number of hydrogen-bond acceptors (Lipinski definition) is 5. The zero-order valence-corrected chi connectivity index (χ0v) is 14.7. The monoisotopic (exact) mass is 333 g/mol. The Kier molecular flexibility index (Phi) is 4.77. The summed E-state index contributed by atoms with van der Waals surface area (Å²) in [5.41, 5.74) is 2.60. The highest BCUT2D eigenvalue weighted by Gasteiger charge is 2.21. The van der Waals surface area contributed by atoms with E-state index in [1.54, 1.807) is 11.3 Å². The number of thiazole rings is 1. The fourth-order valence-corrected chi connectivity index (χ4v) is 3.75. The molecule has 0 fully saturated rings. The van der Waals surface area contributed by atoms with Gasteiger partial charge in [-0.3, -0.25) is 9.48 Å². The van der Waals surface area contributed by atoms with Crippen LogP contribution in [0.1, 0.15) is 57.6 Å². The maximum Gasteiger partial charge on any atom is 0.272 e. The summed E-state index contributed by atoms with van der Waals surface area (Å²) >= 11 is 1.65. The quantitative estimate of drug-likeness (QED) is 0.901. The highest BCUT2D eigenvalue weighted by atomic mass is 32.1. The Hall–Kier alpha value is -1.73. The van der Waals surface area contributed by atoms with Gasteiger partial charge in [0.05, 0.1) is 17.4 Å². The lowest BCUT2D eigenvalue weighted by Crippen LogP contribution is -2.28. The third-order valence-corrected chi connectivity index (χ3v) is 5.37. The molecular weight excluding hydrogens is 310 g/mol. The van der Waals surface area contributed by atoms with E-state index in [1.807, 2.05) is 17.7 Å². The maximum absolute atomic E-state index is 12.6. The number of nitrogens with zero attached hydrogens (tertiary/aromatic N) is 3. The summed E-state index contributed by atoms with van der Waals surface area (Å²) in [6.45, 7) is 8.74. The van der Waals surface area contributed by atoms with Gasteiger partial charge >= 0.3 is 0 Å². The van der Waals surface area contributed by atoms with Gasteiger partial charge in [-0.1, -0.05) is 6.92 Å². The van der Waals surface area contributed by atoms with Crippen LogP contribution in [-0.2, 0) is 13.1 Å². The SMILES string of the molecule is CC[C@@H](NC(=O)c1cc2n(n1)CCCNC2)c1nc(C)c(C)s1. The average Bonchev–Trinajstić information content (AvgIpc) is 3.01. The number of carbonyl (C=O) groups is 1. The van der Waals surface area contributed by atoms with Crippen molar-refractivity contribution in [3.8, 4) is 0 Å². The molecule has 3 heterocycles. The largest absolute Gasteiger partial charge is 0.341 e. The number of nitrogens with one attached hydrogen (secondary N) is 2. The van der Waals surface area contributed by atoms with E-state index in [-0.39, 0.29) is 11.9 Å². The summed E-state index contributed by atoms with van der Waals surface area (Å²) in [5.74, 6) is -0.122. The summed E-state index contributed by atoms with van der Waals surface area (Å²) < 4.78 is 1.94. The lowest BCUT2D eigenvalue weighted by Gasteiger charge is -2.13. The first-order valence-corrected chi connectivity index (χ1v) is 8.92. The summed E-state index contributed by atoms with van der Waals surface area (Å²) in [4.78, 5) is 18.3. The first-order chi connectivity index (χ1) is 11.1. The Morgan fingerprint density at radius 3 is 3.04 bits per heavy atom. The van der Waals surface area contributed by atoms with E-state index in [4.69, 9.17) is 0 Å². The molecule has 1 aliphatic rings. The van der Waals surface area contributed by atoms with Gasteiger partial charge in [0.25, 0.3) is 5.91 Å². The van der Waals surface area contributed by atoms with E-state index in [2.05, 4.69) is 34.6 Å². The van der Waals surface area contributed by atoms with Crippen molar-refractivity contribution in [2.45, 2.75) is 52.7 Å². The summed E-state index contributed by atoms with van der Waals surface area (Å²) in [6.07, 6.45) is 1.85. The van der Waals surface area contributed by atoms with Crippen molar-refractivity contribution in [1.82, 2.24) is 25.4 Å². The number of carbonyl (C=O) groups excluding carboxylic acids is 1. The summed E-state index contributed by atoms with van der Waals surface area (Å²) in [7, 11) is 0. The fourth-order valence-electron chi connectivity index (χ4n) is 2.69. The first-order valence-electron chi connectivity index (χ1n) is 8.10. The first kappa shape index (κ1) is 16.1. The molecule has 1 atom stereocenters. The molecule has 0 spiro atoms. The van der Waals surface area contributed by atoms with Crippen molar-refractivity contribution in [1.29, 1.82) is 0 Å². The smallest absolute Gasteiger partial charge is 0.272 e. The Labute approximate surface area is 140 Å². The van der Waals surface area contributed by atoms with Crippen LogP contribution in [0.2, 0.25) is 0 Å². The number of fused-ring (bicyclic) bond motifs is 1. The van der Waals surface area contributed by atoms with Crippen LogP contribution < -0.4 is 10.6 Å². The summed E-state index contributed by atoms with van der Waals surface area (Å²) in [6, 6.07) is 1.83. The Morgan fingerprint density at radius 2 is 2.35 bits per heavy atom. The van der Waals surface area contributed by atoms with Gasteiger partial charge in [-0.25, -0.2) is 4.98 Å². The predicted molar refractivity (Wildman–Crippen MR) is 90.6 cm³/mol. The number of hydrogen-bond donors (Lipinski definition) is 2. The second-order valence-corrected chi connectivity index (χ2v) is 7.14. The zero-order chi connectivity index (χ0) is 16.4. The molecular formula is C16H23N5OS. The van der Waals surface area contributed by atoms with Gasteiger partial charge in [0, 0.05) is 18.0 Å². The van der Waals surface area contributed by atoms with Gasteiger partial charge in [0.2, 0.25) is 0 Å². The molecule has 2 aromatic rings. The lowest BCUT2D eigenvalue weighted by atomic mass is 10.2. The molecule has 0 unspecified atom stereocenters. The molecule has 7 heteroatoms. The van der Waals surface area contributed by atoms with Gasteiger partial charge in [-0.15, -0.1) is 11.3 Å². The minimum atomic E-state index is -0.122. The fraction of sp³-hybridized carbons (Fsp3) is 0.562. The van der Waals surface area contributed by atoms with E-state index in [1.165, 1.54) is 4.88 Å². The maximum atomic E-state index is 12.6. The van der Waals surface area contributed by atoms with Gasteiger partial charge < -0.3 is 10.6 Å². The molecule has 0 bridgehead atoms. The third-order valence-electron chi connectivity index (χ3n) is 4.18. The summed E-state index contributed by atoms with van der Waals surface area (Å²) in [5, 5.41) is 11.9. The Balaban J connectivity index is 1.75. The van der Waals surface area contributed by atoms with Crippen molar-refractivity contribution in [2.75, 3.05) is 6.54 Å². The van der Waals surface area contributed by atoms with E-state index < -0.39 is 0 Å². The molecule has 6 nitrogen and oxygen atoms in total. The lowest BCUT2D eigenvalue weighted by molar-refractivity contribution is 0.0929. The number of aromatic nitrogens is 3. The van der Waals surface area contributed by atoms with Crippen LogP contribution in [0, 0.1) is 13.8 Å². The van der Waals surface area contributed by atoms with Crippen molar-refractivity contribution >= 4 is 17.2 Å². The molecule has 23 heavy (non-hydrogen) atoms. The van der Waals surface area contributed by atoms with Crippen LogP contribution in [0.25, 0.3) is 0 Å². The Morgan fingerprint density at radius 1 is 1.52 bits per heavy atom. The normalized spacial score (nSPS) is 15.8. The van der Waals surface area contributed by atoms with E-state index >= 15 is 0 Å². The molecule has 1 aliphatic heterocycles. The number of aryl methyl sites for hydroxylation is 3. The molecule has 3 rings (SSSR count). The third kappa shape index (κ3) is 3.45. The van der Waals surface area contributed by atoms with Gasteiger partial charge in [-0.05, 0) is 39.3 Å². The van der Waals surface area contributed by atoms with Crippen LogP contribution in [0.3, 0.4) is 0 Å². The molecule has 0 radical (unpaired) electrons. The number of amides is 1. The number of rotatable bonds is 4. The Bertz CT molecular complexity index is 662. The molecule has 1 amide bonds. The van der Waals surface area contributed by atoms with E-state index in [9.17, 15) is 4.79 Å². The molecule has 0 saturated carbocycles. The standard InChI is InChI=1S/C16H23N5OS/c1-4-13(16-18-10(2)11(3)23-16)19-15(22)14-8-12-9-17-6-5-7-21(12)20-14/h8,13,17H,4-7,9H2,1-3H3,(H,19,22)/t13-/m1/s1.